The quantitative estimate of drug-likeness (QED) is 0.350. The van der Waals surface area contributed by atoms with E-state index >= 15 is 0 Å². The summed E-state index contributed by atoms with van der Waals surface area (Å²) in [5.74, 6) is 1.67. The van der Waals surface area contributed by atoms with Crippen molar-refractivity contribution in [1.82, 2.24) is 10.6 Å². The number of methoxy groups -OCH3 is 2. The third-order valence-electron chi connectivity index (χ3n) is 3.92. The lowest BCUT2D eigenvalue weighted by Crippen LogP contribution is -2.37. The second-order valence-corrected chi connectivity index (χ2v) is 6.84. The van der Waals surface area contributed by atoms with Gasteiger partial charge < -0.3 is 24.8 Å². The van der Waals surface area contributed by atoms with Crippen LogP contribution < -0.4 is 15.4 Å². The zero-order valence-electron chi connectivity index (χ0n) is 16.3. The molecule has 0 radical (unpaired) electrons. The predicted octanol–water partition coefficient (Wildman–Crippen LogP) is 3.14. The van der Waals surface area contributed by atoms with Gasteiger partial charge in [0.1, 0.15) is 5.75 Å². The smallest absolute Gasteiger partial charge is 0.191 e. The van der Waals surface area contributed by atoms with Crippen molar-refractivity contribution in [2.24, 2.45) is 4.99 Å². The fraction of sp³-hybridized carbons (Fsp3) is 0.450. The van der Waals surface area contributed by atoms with E-state index in [-0.39, 0.29) is 0 Å². The fourth-order valence-electron chi connectivity index (χ4n) is 2.42. The van der Waals surface area contributed by atoms with Gasteiger partial charge in [-0.25, -0.2) is 0 Å². The molecule has 6 nitrogen and oxygen atoms in total. The molecule has 0 saturated heterocycles. The maximum atomic E-state index is 5.45. The van der Waals surface area contributed by atoms with E-state index < -0.39 is 0 Å². The summed E-state index contributed by atoms with van der Waals surface area (Å²) < 4.78 is 15.6. The van der Waals surface area contributed by atoms with Gasteiger partial charge in [0.15, 0.2) is 5.96 Å². The zero-order valence-corrected chi connectivity index (χ0v) is 17.1. The average Bonchev–Trinajstić information content (AvgIpc) is 3.18. The topological polar surface area (TPSA) is 64.1 Å². The van der Waals surface area contributed by atoms with Gasteiger partial charge in [-0.2, -0.15) is 0 Å². The highest BCUT2D eigenvalue weighted by Crippen LogP contribution is 2.27. The summed E-state index contributed by atoms with van der Waals surface area (Å²) >= 11 is 1.74. The van der Waals surface area contributed by atoms with E-state index in [9.17, 15) is 0 Å². The molecule has 0 fully saturated rings. The lowest BCUT2D eigenvalue weighted by molar-refractivity contribution is 0.0698. The first kappa shape index (κ1) is 21.2. The number of hydrogen-bond acceptors (Lipinski definition) is 5. The Labute approximate surface area is 165 Å². The van der Waals surface area contributed by atoms with E-state index in [2.05, 4.69) is 39.2 Å². The fourth-order valence-corrected chi connectivity index (χ4v) is 3.26. The van der Waals surface area contributed by atoms with Crippen LogP contribution in [0.4, 0.5) is 0 Å². The van der Waals surface area contributed by atoms with Gasteiger partial charge in [0, 0.05) is 32.2 Å². The van der Waals surface area contributed by atoms with Gasteiger partial charge in [0.05, 0.1) is 26.9 Å². The van der Waals surface area contributed by atoms with Crippen LogP contribution in [-0.4, -0.2) is 53.6 Å². The molecule has 27 heavy (non-hydrogen) atoms. The van der Waals surface area contributed by atoms with Gasteiger partial charge in [-0.1, -0.05) is 12.1 Å². The van der Waals surface area contributed by atoms with Crippen molar-refractivity contribution in [2.75, 3.05) is 47.6 Å². The van der Waals surface area contributed by atoms with Crippen LogP contribution in [0.3, 0.4) is 0 Å². The molecule has 1 aromatic heterocycles. The van der Waals surface area contributed by atoms with Crippen molar-refractivity contribution >= 4 is 17.3 Å². The van der Waals surface area contributed by atoms with E-state index in [0.717, 1.165) is 31.2 Å². The molecule has 7 heteroatoms. The second kappa shape index (κ2) is 12.3. The maximum Gasteiger partial charge on any atom is 0.191 e. The van der Waals surface area contributed by atoms with Crippen LogP contribution in [0.25, 0.3) is 11.1 Å². The number of rotatable bonds is 11. The van der Waals surface area contributed by atoms with Crippen LogP contribution in [0.15, 0.2) is 40.7 Å². The molecule has 1 aromatic carbocycles. The number of benzene rings is 1. The molecule has 0 aliphatic heterocycles. The first-order chi connectivity index (χ1) is 13.3. The monoisotopic (exact) mass is 391 g/mol. The number of nitrogens with one attached hydrogen (secondary N) is 2. The summed E-state index contributed by atoms with van der Waals surface area (Å²) in [6.07, 6.45) is 0.922. The van der Waals surface area contributed by atoms with Gasteiger partial charge in [0.2, 0.25) is 0 Å². The van der Waals surface area contributed by atoms with E-state index in [1.165, 1.54) is 16.0 Å². The van der Waals surface area contributed by atoms with Crippen LogP contribution in [0, 0.1) is 0 Å². The minimum atomic E-state index is 0.635. The summed E-state index contributed by atoms with van der Waals surface area (Å²) in [5.41, 5.74) is 2.41. The molecule has 0 bridgehead atoms. The highest BCUT2D eigenvalue weighted by Gasteiger charge is 2.04. The number of thiophene rings is 1. The van der Waals surface area contributed by atoms with Gasteiger partial charge in [-0.05, 0) is 41.1 Å². The Morgan fingerprint density at radius 1 is 1.04 bits per heavy atom. The molecule has 0 amide bonds. The van der Waals surface area contributed by atoms with Gasteiger partial charge in [-0.3, -0.25) is 4.99 Å². The lowest BCUT2D eigenvalue weighted by atomic mass is 10.1. The maximum absolute atomic E-state index is 5.45. The molecular weight excluding hydrogens is 362 g/mol. The van der Waals surface area contributed by atoms with Gasteiger partial charge in [0.25, 0.3) is 0 Å². The molecule has 0 unspecified atom stereocenters. The number of nitrogens with zero attached hydrogens (tertiary/aromatic N) is 1. The Balaban J connectivity index is 1.72. The largest absolute Gasteiger partial charge is 0.497 e. The molecule has 0 atom stereocenters. The van der Waals surface area contributed by atoms with Crippen molar-refractivity contribution < 1.29 is 14.2 Å². The molecule has 148 valence electrons. The number of ether oxygens (including phenoxy) is 3. The van der Waals surface area contributed by atoms with Crippen molar-refractivity contribution in [3.8, 4) is 16.9 Å². The molecule has 0 saturated carbocycles. The van der Waals surface area contributed by atoms with Gasteiger partial charge >= 0.3 is 0 Å². The van der Waals surface area contributed by atoms with E-state index in [1.54, 1.807) is 32.6 Å². The first-order valence-electron chi connectivity index (χ1n) is 9.00. The Hall–Kier alpha value is -2.09. The highest BCUT2D eigenvalue weighted by molar-refractivity contribution is 7.10. The van der Waals surface area contributed by atoms with Gasteiger partial charge in [-0.15, -0.1) is 11.3 Å². The predicted molar refractivity (Wildman–Crippen MR) is 112 cm³/mol. The number of hydrogen-bond donors (Lipinski definition) is 2. The molecule has 0 spiro atoms. The number of guanidine groups is 1. The molecule has 0 aliphatic rings. The third-order valence-corrected chi connectivity index (χ3v) is 4.86. The minimum Gasteiger partial charge on any atom is -0.497 e. The molecule has 2 N–H and O–H groups in total. The summed E-state index contributed by atoms with van der Waals surface area (Å²) in [4.78, 5) is 5.51. The molecule has 2 rings (SSSR count). The van der Waals surface area contributed by atoms with E-state index in [1.807, 2.05) is 12.1 Å². The van der Waals surface area contributed by atoms with Crippen LogP contribution in [0.1, 0.15) is 11.3 Å². The summed E-state index contributed by atoms with van der Waals surface area (Å²) in [5, 5.41) is 8.82. The Kier molecular flexibility index (Phi) is 9.68. The summed E-state index contributed by atoms with van der Waals surface area (Å²) in [6, 6.07) is 10.3. The Morgan fingerprint density at radius 2 is 1.85 bits per heavy atom. The standard InChI is InChI=1S/C20H29N3O3S/c1-21-20(22-9-4-10-26-12-11-24-2)23-14-19-13-17(15-27-19)16-5-7-18(25-3)8-6-16/h5-8,13,15H,4,9-12,14H2,1-3H3,(H2,21,22,23). The van der Waals surface area contributed by atoms with Crippen LogP contribution in [-0.2, 0) is 16.0 Å². The van der Waals surface area contributed by atoms with Crippen LogP contribution in [0.2, 0.25) is 0 Å². The summed E-state index contributed by atoms with van der Waals surface area (Å²) in [7, 11) is 5.13. The average molecular weight is 392 g/mol. The zero-order chi connectivity index (χ0) is 19.3. The van der Waals surface area contributed by atoms with E-state index in [0.29, 0.717) is 19.8 Å². The molecular formula is C20H29N3O3S. The lowest BCUT2D eigenvalue weighted by Gasteiger charge is -2.11. The molecule has 1 heterocycles. The first-order valence-corrected chi connectivity index (χ1v) is 9.87. The summed E-state index contributed by atoms with van der Waals surface area (Å²) in [6.45, 7) is 3.54. The SMILES string of the molecule is CN=C(NCCCOCCOC)NCc1cc(-c2ccc(OC)cc2)cs1. The van der Waals surface area contributed by atoms with Crippen molar-refractivity contribution in [2.45, 2.75) is 13.0 Å². The van der Waals surface area contributed by atoms with Crippen molar-refractivity contribution in [3.05, 3.63) is 40.6 Å². The van der Waals surface area contributed by atoms with Crippen LogP contribution >= 0.6 is 11.3 Å². The third kappa shape index (κ3) is 7.58. The normalized spacial score (nSPS) is 11.4. The van der Waals surface area contributed by atoms with Crippen LogP contribution in [0.5, 0.6) is 5.75 Å². The minimum absolute atomic E-state index is 0.635. The highest BCUT2D eigenvalue weighted by atomic mass is 32.1. The molecule has 2 aromatic rings. The Morgan fingerprint density at radius 3 is 2.56 bits per heavy atom. The van der Waals surface area contributed by atoms with E-state index in [4.69, 9.17) is 14.2 Å². The number of aliphatic imine (C=N–C) groups is 1. The van der Waals surface area contributed by atoms with Crippen molar-refractivity contribution in [3.63, 3.8) is 0 Å². The van der Waals surface area contributed by atoms with Crippen molar-refractivity contribution in [1.29, 1.82) is 0 Å². The molecule has 0 aliphatic carbocycles. The Bertz CT molecular complexity index is 686. The second-order valence-electron chi connectivity index (χ2n) is 5.84.